The highest BCUT2D eigenvalue weighted by atomic mass is 32.2. The molecule has 0 aromatic heterocycles. The number of nitrogens with one attached hydrogen (secondary N) is 1. The fraction of sp³-hybridized carbons (Fsp3) is 0.538. The maximum Gasteiger partial charge on any atom is 0.241 e. The van der Waals surface area contributed by atoms with Gasteiger partial charge in [-0.2, -0.15) is 0 Å². The highest BCUT2D eigenvalue weighted by Crippen LogP contribution is 2.39. The molecule has 0 aliphatic heterocycles. The van der Waals surface area contributed by atoms with Crippen LogP contribution in [-0.4, -0.2) is 19.1 Å². The van der Waals surface area contributed by atoms with Gasteiger partial charge in [0.25, 0.3) is 0 Å². The van der Waals surface area contributed by atoms with Crippen LogP contribution >= 0.6 is 0 Å². The van der Waals surface area contributed by atoms with Gasteiger partial charge in [0.2, 0.25) is 10.0 Å². The monoisotopic (exact) mass is 287 g/mol. The Bertz CT molecular complexity index is 580. The molecule has 19 heavy (non-hydrogen) atoms. The van der Waals surface area contributed by atoms with E-state index in [4.69, 9.17) is 5.11 Å². The summed E-state index contributed by atoms with van der Waals surface area (Å²) in [7, 11) is -3.70. The Morgan fingerprint density at radius 1 is 1.42 bits per heavy atom. The number of rotatable bonds is 5. The van der Waals surface area contributed by atoms with Crippen LogP contribution < -0.4 is 4.72 Å². The molecule has 2 rings (SSSR count). The third-order valence-electron chi connectivity index (χ3n) is 3.49. The summed E-state index contributed by atoms with van der Waals surface area (Å²) >= 11 is 0. The normalized spacial score (nSPS) is 16.6. The first-order valence-electron chi connectivity index (χ1n) is 6.19. The number of benzene rings is 1. The molecule has 1 aliphatic carbocycles. The molecule has 4 nitrogen and oxygen atoms in total. The van der Waals surface area contributed by atoms with E-state index in [-0.39, 0.29) is 10.5 Å². The van der Waals surface area contributed by atoms with Crippen LogP contribution in [0.4, 0.5) is 4.39 Å². The summed E-state index contributed by atoms with van der Waals surface area (Å²) in [6.45, 7) is 3.17. The van der Waals surface area contributed by atoms with Crippen molar-refractivity contribution < 1.29 is 17.9 Å². The summed E-state index contributed by atoms with van der Waals surface area (Å²) in [6.07, 6.45) is 2.03. The zero-order valence-corrected chi connectivity index (χ0v) is 11.8. The Morgan fingerprint density at radius 3 is 2.58 bits per heavy atom. The van der Waals surface area contributed by atoms with Crippen molar-refractivity contribution in [2.75, 3.05) is 0 Å². The lowest BCUT2D eigenvalue weighted by Gasteiger charge is -2.25. The van der Waals surface area contributed by atoms with E-state index in [0.717, 1.165) is 18.9 Å². The lowest BCUT2D eigenvalue weighted by molar-refractivity contribution is 0.275. The van der Waals surface area contributed by atoms with Crippen LogP contribution in [0.15, 0.2) is 23.1 Å². The van der Waals surface area contributed by atoms with Crippen molar-refractivity contribution in [2.24, 2.45) is 5.92 Å². The first-order chi connectivity index (χ1) is 8.76. The SMILES string of the molecule is CC(C)(NS(=O)(=O)c1ccc(F)c(CO)c1)C1CC1. The number of hydrogen-bond donors (Lipinski definition) is 2. The summed E-state index contributed by atoms with van der Waals surface area (Å²) in [6, 6.07) is 3.44. The van der Waals surface area contributed by atoms with Crippen molar-refractivity contribution in [1.29, 1.82) is 0 Å². The first-order valence-corrected chi connectivity index (χ1v) is 7.68. The second kappa shape index (κ2) is 4.85. The number of hydrogen-bond acceptors (Lipinski definition) is 3. The molecule has 0 radical (unpaired) electrons. The molecule has 1 saturated carbocycles. The minimum absolute atomic E-state index is 0.0212. The van der Waals surface area contributed by atoms with Crippen molar-refractivity contribution in [3.8, 4) is 0 Å². The van der Waals surface area contributed by atoms with E-state index < -0.39 is 28.0 Å². The number of sulfonamides is 1. The summed E-state index contributed by atoms with van der Waals surface area (Å²) in [5, 5.41) is 8.98. The maximum atomic E-state index is 13.3. The van der Waals surface area contributed by atoms with Crippen LogP contribution in [0.3, 0.4) is 0 Å². The van der Waals surface area contributed by atoms with Gasteiger partial charge >= 0.3 is 0 Å². The van der Waals surface area contributed by atoms with Crippen molar-refractivity contribution >= 4 is 10.0 Å². The van der Waals surface area contributed by atoms with Crippen molar-refractivity contribution in [2.45, 2.75) is 43.7 Å². The molecule has 1 fully saturated rings. The van der Waals surface area contributed by atoms with Crippen molar-refractivity contribution in [1.82, 2.24) is 4.72 Å². The van der Waals surface area contributed by atoms with E-state index in [1.165, 1.54) is 12.1 Å². The summed E-state index contributed by atoms with van der Waals surface area (Å²) in [5.74, 6) is -0.261. The lowest BCUT2D eigenvalue weighted by Crippen LogP contribution is -2.45. The fourth-order valence-electron chi connectivity index (χ4n) is 2.13. The molecule has 0 spiro atoms. The quantitative estimate of drug-likeness (QED) is 0.867. The van der Waals surface area contributed by atoms with Gasteiger partial charge in [0.15, 0.2) is 0 Å². The molecular formula is C13H18FNO3S. The van der Waals surface area contributed by atoms with Crippen molar-refractivity contribution in [3.05, 3.63) is 29.6 Å². The molecule has 0 bridgehead atoms. The molecule has 0 unspecified atom stereocenters. The number of aliphatic hydroxyl groups excluding tert-OH is 1. The molecule has 0 heterocycles. The van der Waals surface area contributed by atoms with Gasteiger partial charge in [0.05, 0.1) is 11.5 Å². The van der Waals surface area contributed by atoms with E-state index in [0.29, 0.717) is 5.92 Å². The molecule has 1 aliphatic rings. The van der Waals surface area contributed by atoms with Crippen LogP contribution in [0.5, 0.6) is 0 Å². The predicted octanol–water partition coefficient (Wildman–Crippen LogP) is 1.78. The molecule has 106 valence electrons. The Morgan fingerprint density at radius 2 is 2.05 bits per heavy atom. The average molecular weight is 287 g/mol. The van der Waals surface area contributed by atoms with Crippen LogP contribution in [0.2, 0.25) is 0 Å². The van der Waals surface area contributed by atoms with Crippen LogP contribution in [0, 0.1) is 11.7 Å². The van der Waals surface area contributed by atoms with Gasteiger partial charge in [-0.1, -0.05) is 0 Å². The highest BCUT2D eigenvalue weighted by Gasteiger charge is 2.40. The second-order valence-electron chi connectivity index (χ2n) is 5.51. The smallest absolute Gasteiger partial charge is 0.241 e. The molecule has 1 aromatic carbocycles. The third kappa shape index (κ3) is 3.13. The zero-order chi connectivity index (χ0) is 14.3. The summed E-state index contributed by atoms with van der Waals surface area (Å²) in [5.41, 5.74) is -0.529. The van der Waals surface area contributed by atoms with Crippen LogP contribution in [0.25, 0.3) is 0 Å². The van der Waals surface area contributed by atoms with E-state index in [2.05, 4.69) is 4.72 Å². The molecule has 0 saturated heterocycles. The Kier molecular flexibility index (Phi) is 3.68. The van der Waals surface area contributed by atoms with Crippen LogP contribution in [-0.2, 0) is 16.6 Å². The summed E-state index contributed by atoms with van der Waals surface area (Å²) in [4.78, 5) is -0.0216. The minimum atomic E-state index is -3.70. The Hall–Kier alpha value is -0.980. The molecular weight excluding hydrogens is 269 g/mol. The van der Waals surface area contributed by atoms with E-state index >= 15 is 0 Å². The largest absolute Gasteiger partial charge is 0.392 e. The average Bonchev–Trinajstić information content (AvgIpc) is 3.11. The number of aliphatic hydroxyl groups is 1. The molecule has 0 atom stereocenters. The Labute approximate surface area is 112 Å². The van der Waals surface area contributed by atoms with Gasteiger partial charge < -0.3 is 5.11 Å². The lowest BCUT2D eigenvalue weighted by atomic mass is 10.0. The molecule has 2 N–H and O–H groups in total. The first kappa shape index (κ1) is 14.4. The maximum absolute atomic E-state index is 13.3. The van der Waals surface area contributed by atoms with Gasteiger partial charge in [0.1, 0.15) is 5.82 Å². The standard InChI is InChI=1S/C13H18FNO3S/c1-13(2,10-3-4-10)15-19(17,18)11-5-6-12(14)9(7-11)8-16/h5-7,10,15-16H,3-4,8H2,1-2H3. The second-order valence-corrected chi connectivity index (χ2v) is 7.20. The van der Waals surface area contributed by atoms with E-state index in [9.17, 15) is 12.8 Å². The van der Waals surface area contributed by atoms with Gasteiger partial charge in [0, 0.05) is 11.1 Å². The topological polar surface area (TPSA) is 66.4 Å². The third-order valence-corrected chi connectivity index (χ3v) is 5.16. The molecule has 6 heteroatoms. The van der Waals surface area contributed by atoms with Crippen molar-refractivity contribution in [3.63, 3.8) is 0 Å². The number of halogens is 1. The highest BCUT2D eigenvalue weighted by molar-refractivity contribution is 7.89. The predicted molar refractivity (Wildman–Crippen MR) is 69.4 cm³/mol. The van der Waals surface area contributed by atoms with Gasteiger partial charge in [-0.3, -0.25) is 0 Å². The minimum Gasteiger partial charge on any atom is -0.392 e. The van der Waals surface area contributed by atoms with E-state index in [1.807, 2.05) is 13.8 Å². The van der Waals surface area contributed by atoms with Gasteiger partial charge in [-0.15, -0.1) is 0 Å². The van der Waals surface area contributed by atoms with Gasteiger partial charge in [-0.05, 0) is 50.8 Å². The Balaban J connectivity index is 2.29. The van der Waals surface area contributed by atoms with Gasteiger partial charge in [-0.25, -0.2) is 17.5 Å². The molecule has 0 amide bonds. The fourth-order valence-corrected chi connectivity index (χ4v) is 3.65. The van der Waals surface area contributed by atoms with E-state index in [1.54, 1.807) is 0 Å². The molecule has 1 aromatic rings. The van der Waals surface area contributed by atoms with Crippen LogP contribution in [0.1, 0.15) is 32.3 Å². The zero-order valence-electron chi connectivity index (χ0n) is 11.0. The summed E-state index contributed by atoms with van der Waals surface area (Å²) < 4.78 is 40.4.